The number of ether oxygens (including phenoxy) is 2. The van der Waals surface area contributed by atoms with Gasteiger partial charge in [-0.2, -0.15) is 0 Å². The van der Waals surface area contributed by atoms with Crippen LogP contribution in [0.1, 0.15) is 62.3 Å². The number of carbonyl (C=O) groups is 2. The quantitative estimate of drug-likeness (QED) is 0.201. The molecular formula is C30H38N2O5. The molecule has 0 aromatic heterocycles. The first-order chi connectivity index (χ1) is 17.8. The van der Waals surface area contributed by atoms with Gasteiger partial charge in [-0.25, -0.2) is 0 Å². The van der Waals surface area contributed by atoms with Gasteiger partial charge >= 0.3 is 0 Å². The molecule has 0 radical (unpaired) electrons. The minimum absolute atomic E-state index is 0.0646. The van der Waals surface area contributed by atoms with Crippen molar-refractivity contribution in [2.75, 3.05) is 33.8 Å². The molecule has 7 heteroatoms. The highest BCUT2D eigenvalue weighted by Crippen LogP contribution is 2.41. The van der Waals surface area contributed by atoms with E-state index in [2.05, 4.69) is 6.92 Å². The lowest BCUT2D eigenvalue weighted by Gasteiger charge is -2.26. The summed E-state index contributed by atoms with van der Waals surface area (Å²) >= 11 is 0. The molecule has 2 aromatic rings. The number of aliphatic hydroxyl groups excluding tert-OH is 1. The number of hydrogen-bond donors (Lipinski definition) is 1. The van der Waals surface area contributed by atoms with Gasteiger partial charge in [-0.1, -0.05) is 31.9 Å². The number of unbranched alkanes of at least 4 members (excludes halogenated alkanes) is 2. The summed E-state index contributed by atoms with van der Waals surface area (Å²) in [6.45, 7) is 5.93. The Balaban J connectivity index is 1.72. The lowest BCUT2D eigenvalue weighted by Crippen LogP contribution is -2.32. The lowest BCUT2D eigenvalue weighted by atomic mass is 9.94. The maximum absolute atomic E-state index is 13.4. The topological polar surface area (TPSA) is 79.3 Å². The molecule has 0 saturated carbocycles. The molecule has 2 aliphatic heterocycles. The summed E-state index contributed by atoms with van der Waals surface area (Å²) in [5, 5.41) is 11.4. The fraction of sp³-hybridized carbons (Fsp3) is 0.467. The molecule has 0 spiro atoms. The molecule has 0 aliphatic carbocycles. The molecule has 2 aromatic carbocycles. The summed E-state index contributed by atoms with van der Waals surface area (Å²) in [5.41, 5.74) is 2.36. The van der Waals surface area contributed by atoms with E-state index in [0.717, 1.165) is 49.1 Å². The normalized spacial score (nSPS) is 20.4. The van der Waals surface area contributed by atoms with E-state index in [1.54, 1.807) is 11.0 Å². The monoisotopic (exact) mass is 506 g/mol. The molecule has 7 nitrogen and oxygen atoms in total. The van der Waals surface area contributed by atoms with Gasteiger partial charge in [0, 0.05) is 18.5 Å². The molecule has 2 heterocycles. The molecule has 1 amide bonds. The third kappa shape index (κ3) is 5.99. The number of fused-ring (bicyclic) bond motifs is 1. The Morgan fingerprint density at radius 2 is 1.95 bits per heavy atom. The summed E-state index contributed by atoms with van der Waals surface area (Å²) < 4.78 is 11.8. The average molecular weight is 507 g/mol. The van der Waals surface area contributed by atoms with E-state index in [-0.39, 0.29) is 17.4 Å². The number of benzene rings is 2. The molecule has 4 rings (SSSR count). The predicted molar refractivity (Wildman–Crippen MR) is 144 cm³/mol. The van der Waals surface area contributed by atoms with Gasteiger partial charge in [-0.15, -0.1) is 0 Å². The average Bonchev–Trinajstić information content (AvgIpc) is 3.37. The van der Waals surface area contributed by atoms with E-state index in [1.807, 2.05) is 62.3 Å². The molecule has 2 atom stereocenters. The van der Waals surface area contributed by atoms with E-state index in [4.69, 9.17) is 9.47 Å². The minimum Gasteiger partial charge on any atom is -0.507 e. The molecule has 1 N–H and O–H groups in total. The first kappa shape index (κ1) is 26.7. The maximum Gasteiger partial charge on any atom is 0.295 e. The fourth-order valence-electron chi connectivity index (χ4n) is 5.06. The number of aliphatic hydroxyl groups is 1. The second kappa shape index (κ2) is 11.8. The van der Waals surface area contributed by atoms with E-state index in [0.29, 0.717) is 30.9 Å². The fourth-order valence-corrected chi connectivity index (χ4v) is 5.06. The number of carbonyl (C=O) groups excluding carboxylic acids is 2. The third-order valence-electron chi connectivity index (χ3n) is 6.90. The maximum atomic E-state index is 13.4. The van der Waals surface area contributed by atoms with E-state index >= 15 is 0 Å². The number of ketones is 1. The molecule has 0 bridgehead atoms. The van der Waals surface area contributed by atoms with Gasteiger partial charge in [0.15, 0.2) is 0 Å². The van der Waals surface area contributed by atoms with E-state index in [1.165, 1.54) is 0 Å². The van der Waals surface area contributed by atoms with Crippen LogP contribution in [0.2, 0.25) is 0 Å². The largest absolute Gasteiger partial charge is 0.507 e. The van der Waals surface area contributed by atoms with Crippen LogP contribution in [-0.2, 0) is 16.0 Å². The zero-order valence-electron chi connectivity index (χ0n) is 22.3. The van der Waals surface area contributed by atoms with Crippen LogP contribution in [-0.4, -0.2) is 66.5 Å². The zero-order valence-corrected chi connectivity index (χ0v) is 22.3. The van der Waals surface area contributed by atoms with Crippen LogP contribution in [0.3, 0.4) is 0 Å². The van der Waals surface area contributed by atoms with Crippen molar-refractivity contribution in [2.24, 2.45) is 0 Å². The second-order valence-corrected chi connectivity index (χ2v) is 10.2. The first-order valence-corrected chi connectivity index (χ1v) is 13.3. The number of hydrogen-bond acceptors (Lipinski definition) is 6. The summed E-state index contributed by atoms with van der Waals surface area (Å²) in [6, 6.07) is 12.3. The van der Waals surface area contributed by atoms with Crippen molar-refractivity contribution in [1.29, 1.82) is 0 Å². The standard InChI is InChI=1S/C30H38N2O5/c1-5-6-7-16-36-24-11-8-10-21(19-24)27-26(29(34)30(35)32(27)15-9-14-31(3)4)28(33)22-12-13-25-23(18-22)17-20(2)37-25/h8,10-13,18-20,27,33H,5-7,9,14-17H2,1-4H3/t20-,27-/m1/s1. The van der Waals surface area contributed by atoms with Crippen molar-refractivity contribution in [3.8, 4) is 11.5 Å². The molecule has 2 aliphatic rings. The van der Waals surface area contributed by atoms with Crippen molar-refractivity contribution < 1.29 is 24.2 Å². The summed E-state index contributed by atoms with van der Waals surface area (Å²) in [5.74, 6) is 0.0771. The van der Waals surface area contributed by atoms with Crippen LogP contribution in [0.25, 0.3) is 5.76 Å². The summed E-state index contributed by atoms with van der Waals surface area (Å²) in [6.07, 6.45) is 4.67. The Kier molecular flexibility index (Phi) is 8.54. The number of likely N-dealkylation sites (tertiary alicyclic amines) is 1. The van der Waals surface area contributed by atoms with Crippen molar-refractivity contribution in [3.63, 3.8) is 0 Å². The van der Waals surface area contributed by atoms with Crippen molar-refractivity contribution >= 4 is 17.4 Å². The smallest absolute Gasteiger partial charge is 0.295 e. The SMILES string of the molecule is CCCCCOc1cccc([C@@H]2C(=C(O)c3ccc4c(c3)C[C@@H](C)O4)C(=O)C(=O)N2CCCN(C)C)c1. The number of nitrogens with zero attached hydrogens (tertiary/aromatic N) is 2. The van der Waals surface area contributed by atoms with Crippen LogP contribution in [0.15, 0.2) is 48.0 Å². The predicted octanol–water partition coefficient (Wildman–Crippen LogP) is 4.95. The van der Waals surface area contributed by atoms with Crippen LogP contribution < -0.4 is 9.47 Å². The molecule has 198 valence electrons. The van der Waals surface area contributed by atoms with E-state index in [9.17, 15) is 14.7 Å². The van der Waals surface area contributed by atoms with Crippen LogP contribution >= 0.6 is 0 Å². The Morgan fingerprint density at radius 3 is 2.70 bits per heavy atom. The van der Waals surface area contributed by atoms with Gasteiger partial charge in [0.05, 0.1) is 18.2 Å². The highest BCUT2D eigenvalue weighted by Gasteiger charge is 2.46. The van der Waals surface area contributed by atoms with Crippen LogP contribution in [0, 0.1) is 0 Å². The number of rotatable bonds is 11. The van der Waals surface area contributed by atoms with Gasteiger partial charge in [0.1, 0.15) is 23.4 Å². The molecule has 1 saturated heterocycles. The van der Waals surface area contributed by atoms with Gasteiger partial charge in [0.2, 0.25) is 0 Å². The van der Waals surface area contributed by atoms with Crippen LogP contribution in [0.5, 0.6) is 11.5 Å². The van der Waals surface area contributed by atoms with Gasteiger partial charge in [-0.05, 0) is 81.9 Å². The lowest BCUT2D eigenvalue weighted by molar-refractivity contribution is -0.139. The highest BCUT2D eigenvalue weighted by molar-refractivity contribution is 6.46. The van der Waals surface area contributed by atoms with E-state index < -0.39 is 17.7 Å². The van der Waals surface area contributed by atoms with Gasteiger partial charge < -0.3 is 24.4 Å². The van der Waals surface area contributed by atoms with Crippen LogP contribution in [0.4, 0.5) is 0 Å². The summed E-state index contributed by atoms with van der Waals surface area (Å²) in [4.78, 5) is 30.2. The Hall–Kier alpha value is -3.32. The highest BCUT2D eigenvalue weighted by atomic mass is 16.5. The molecule has 0 unspecified atom stereocenters. The third-order valence-corrected chi connectivity index (χ3v) is 6.90. The Bertz CT molecular complexity index is 1170. The molecule has 37 heavy (non-hydrogen) atoms. The Morgan fingerprint density at radius 1 is 1.14 bits per heavy atom. The number of amides is 1. The van der Waals surface area contributed by atoms with Crippen molar-refractivity contribution in [3.05, 3.63) is 64.7 Å². The second-order valence-electron chi connectivity index (χ2n) is 10.2. The summed E-state index contributed by atoms with van der Waals surface area (Å²) in [7, 11) is 3.95. The number of Topliss-reactive ketones (excluding diaryl/α,β-unsaturated/α-hetero) is 1. The first-order valence-electron chi connectivity index (χ1n) is 13.3. The Labute approximate surface area is 219 Å². The van der Waals surface area contributed by atoms with Crippen molar-refractivity contribution in [2.45, 2.75) is 58.1 Å². The molecule has 1 fully saturated rings. The molecular weight excluding hydrogens is 468 g/mol. The van der Waals surface area contributed by atoms with Gasteiger partial charge in [-0.3, -0.25) is 9.59 Å². The van der Waals surface area contributed by atoms with Crippen molar-refractivity contribution in [1.82, 2.24) is 9.80 Å². The minimum atomic E-state index is -0.690. The zero-order chi connectivity index (χ0) is 26.5. The van der Waals surface area contributed by atoms with Gasteiger partial charge in [0.25, 0.3) is 11.7 Å².